The lowest BCUT2D eigenvalue weighted by Crippen LogP contribution is -2.33. The van der Waals surface area contributed by atoms with E-state index < -0.39 is 24.2 Å². The highest BCUT2D eigenvalue weighted by atomic mass is 35.5. The van der Waals surface area contributed by atoms with Crippen LogP contribution < -0.4 is 11.2 Å². The summed E-state index contributed by atoms with van der Waals surface area (Å²) < 4.78 is 25.4. The van der Waals surface area contributed by atoms with E-state index >= 15 is 0 Å². The molecule has 0 aliphatic carbocycles. The number of anilines is 1. The van der Waals surface area contributed by atoms with Crippen molar-refractivity contribution in [3.63, 3.8) is 0 Å². The van der Waals surface area contributed by atoms with Gasteiger partial charge in [-0.25, -0.2) is 8.78 Å². The topological polar surface area (TPSA) is 66.5 Å². The van der Waals surface area contributed by atoms with Crippen LogP contribution >= 0.6 is 12.4 Å². The van der Waals surface area contributed by atoms with Crippen LogP contribution in [0.15, 0.2) is 12.1 Å². The Hall–Kier alpha value is -0.845. The molecule has 1 aromatic carbocycles. The standard InChI is InChI=1S/C6H6BF2NO2.ClH/c8-5-3(7(11)12)1-2-4(10)6(5)9;/h1-2,11-12H,10H2;1H. The van der Waals surface area contributed by atoms with Crippen LogP contribution in [0.2, 0.25) is 0 Å². The van der Waals surface area contributed by atoms with E-state index in [1.54, 1.807) is 0 Å². The number of hydrogen-bond donors (Lipinski definition) is 3. The molecule has 4 N–H and O–H groups in total. The molecular formula is C6H7BClF2NO2. The zero-order valence-electron chi connectivity index (χ0n) is 6.37. The molecule has 0 atom stereocenters. The van der Waals surface area contributed by atoms with Crippen LogP contribution in [0.4, 0.5) is 14.5 Å². The fourth-order valence-electron chi connectivity index (χ4n) is 0.779. The third-order valence-electron chi connectivity index (χ3n) is 1.42. The summed E-state index contributed by atoms with van der Waals surface area (Å²) in [7, 11) is -2.03. The van der Waals surface area contributed by atoms with E-state index in [0.29, 0.717) is 0 Å². The Balaban J connectivity index is 0.00000144. The molecule has 0 saturated heterocycles. The molecule has 0 aliphatic heterocycles. The number of nitrogens with two attached hydrogens (primary N) is 1. The highest BCUT2D eigenvalue weighted by Crippen LogP contribution is 2.11. The van der Waals surface area contributed by atoms with Gasteiger partial charge in [-0.2, -0.15) is 0 Å². The smallest absolute Gasteiger partial charge is 0.423 e. The number of halogens is 3. The second-order valence-electron chi connectivity index (χ2n) is 2.25. The van der Waals surface area contributed by atoms with E-state index in [1.807, 2.05) is 0 Å². The lowest BCUT2D eigenvalue weighted by Gasteiger charge is -2.03. The molecule has 0 spiro atoms. The summed E-state index contributed by atoms with van der Waals surface area (Å²) in [5.41, 5.74) is 4.12. The summed E-state index contributed by atoms with van der Waals surface area (Å²) in [5.74, 6) is -2.59. The van der Waals surface area contributed by atoms with Crippen molar-refractivity contribution in [2.75, 3.05) is 5.73 Å². The van der Waals surface area contributed by atoms with Gasteiger partial charge in [-0.1, -0.05) is 6.07 Å². The van der Waals surface area contributed by atoms with Gasteiger partial charge in [0.25, 0.3) is 0 Å². The van der Waals surface area contributed by atoms with Gasteiger partial charge in [-0.15, -0.1) is 12.4 Å². The first-order chi connectivity index (χ1) is 5.54. The fourth-order valence-corrected chi connectivity index (χ4v) is 0.779. The van der Waals surface area contributed by atoms with Gasteiger partial charge < -0.3 is 15.8 Å². The minimum atomic E-state index is -2.03. The van der Waals surface area contributed by atoms with E-state index in [4.69, 9.17) is 15.8 Å². The Labute approximate surface area is 79.7 Å². The monoisotopic (exact) mass is 209 g/mol. The van der Waals surface area contributed by atoms with Crippen molar-refractivity contribution < 1.29 is 18.8 Å². The maximum atomic E-state index is 12.7. The van der Waals surface area contributed by atoms with E-state index in [9.17, 15) is 8.78 Å². The normalized spacial score (nSPS) is 9.23. The van der Waals surface area contributed by atoms with Crippen LogP contribution in [-0.4, -0.2) is 17.2 Å². The number of nitrogen functional groups attached to an aromatic ring is 1. The highest BCUT2D eigenvalue weighted by Gasteiger charge is 2.20. The molecule has 3 nitrogen and oxygen atoms in total. The van der Waals surface area contributed by atoms with Crippen LogP contribution in [-0.2, 0) is 0 Å². The van der Waals surface area contributed by atoms with Gasteiger partial charge in [0.15, 0.2) is 11.6 Å². The van der Waals surface area contributed by atoms with Crippen molar-refractivity contribution in [1.29, 1.82) is 0 Å². The van der Waals surface area contributed by atoms with Crippen molar-refractivity contribution in [2.45, 2.75) is 0 Å². The molecule has 0 amide bonds. The average molecular weight is 209 g/mol. The molecule has 0 aromatic heterocycles. The zero-order valence-corrected chi connectivity index (χ0v) is 7.18. The maximum absolute atomic E-state index is 12.7. The maximum Gasteiger partial charge on any atom is 0.491 e. The lowest BCUT2D eigenvalue weighted by molar-refractivity contribution is 0.420. The van der Waals surface area contributed by atoms with Gasteiger partial charge in [-0.3, -0.25) is 0 Å². The second-order valence-corrected chi connectivity index (χ2v) is 2.25. The van der Waals surface area contributed by atoms with Gasteiger partial charge in [0.2, 0.25) is 0 Å². The molecule has 0 unspecified atom stereocenters. The van der Waals surface area contributed by atoms with Crippen molar-refractivity contribution >= 4 is 30.7 Å². The SMILES string of the molecule is Cl.Nc1ccc(B(O)O)c(F)c1F. The number of hydrogen-bond acceptors (Lipinski definition) is 3. The van der Waals surface area contributed by atoms with Gasteiger partial charge in [0.1, 0.15) is 0 Å². The minimum Gasteiger partial charge on any atom is -0.423 e. The Kier molecular flexibility index (Phi) is 4.12. The average Bonchev–Trinajstić information content (AvgIpc) is 2.00. The van der Waals surface area contributed by atoms with Gasteiger partial charge in [-0.05, 0) is 6.07 Å². The number of rotatable bonds is 1. The Morgan fingerprint density at radius 3 is 2.15 bits per heavy atom. The van der Waals surface area contributed by atoms with Crippen LogP contribution in [0.25, 0.3) is 0 Å². The van der Waals surface area contributed by atoms with Crippen molar-refractivity contribution in [3.8, 4) is 0 Å². The third kappa shape index (κ3) is 2.30. The first kappa shape index (κ1) is 12.2. The summed E-state index contributed by atoms with van der Waals surface area (Å²) in [6.45, 7) is 0. The molecule has 1 rings (SSSR count). The summed E-state index contributed by atoms with van der Waals surface area (Å²) >= 11 is 0. The molecule has 7 heteroatoms. The van der Waals surface area contributed by atoms with E-state index in [2.05, 4.69) is 0 Å². The fraction of sp³-hybridized carbons (Fsp3) is 0. The van der Waals surface area contributed by atoms with Crippen LogP contribution in [0.3, 0.4) is 0 Å². The Bertz CT molecular complexity index is 311. The predicted octanol–water partition coefficient (Wildman–Crippen LogP) is -0.351. The molecular weight excluding hydrogens is 202 g/mol. The van der Waals surface area contributed by atoms with Crippen LogP contribution in [0.5, 0.6) is 0 Å². The third-order valence-corrected chi connectivity index (χ3v) is 1.42. The predicted molar refractivity (Wildman–Crippen MR) is 47.8 cm³/mol. The van der Waals surface area contributed by atoms with Gasteiger partial charge in [0.05, 0.1) is 5.69 Å². The second kappa shape index (κ2) is 4.41. The van der Waals surface area contributed by atoms with Crippen LogP contribution in [0.1, 0.15) is 0 Å². The van der Waals surface area contributed by atoms with Crippen molar-refractivity contribution in [1.82, 2.24) is 0 Å². The molecule has 0 aliphatic rings. The lowest BCUT2D eigenvalue weighted by atomic mass is 9.80. The first-order valence-corrected chi connectivity index (χ1v) is 3.13. The molecule has 72 valence electrons. The van der Waals surface area contributed by atoms with Gasteiger partial charge in [0, 0.05) is 5.46 Å². The molecule has 0 radical (unpaired) electrons. The molecule has 0 heterocycles. The van der Waals surface area contributed by atoms with Crippen LogP contribution in [0, 0.1) is 11.6 Å². The summed E-state index contributed by atoms with van der Waals surface area (Å²) in [4.78, 5) is 0. The van der Waals surface area contributed by atoms with E-state index in [-0.39, 0.29) is 18.1 Å². The minimum absolute atomic E-state index is 0. The summed E-state index contributed by atoms with van der Waals surface area (Å²) in [6, 6.07) is 2.07. The summed E-state index contributed by atoms with van der Waals surface area (Å²) in [5, 5.41) is 17.1. The molecule has 1 aromatic rings. The molecule has 0 fully saturated rings. The zero-order chi connectivity index (χ0) is 9.30. The highest BCUT2D eigenvalue weighted by molar-refractivity contribution is 6.58. The Morgan fingerprint density at radius 1 is 1.15 bits per heavy atom. The number of benzene rings is 1. The quantitative estimate of drug-likeness (QED) is 0.437. The van der Waals surface area contributed by atoms with Gasteiger partial charge >= 0.3 is 7.12 Å². The van der Waals surface area contributed by atoms with E-state index in [1.165, 1.54) is 0 Å². The Morgan fingerprint density at radius 2 is 1.69 bits per heavy atom. The molecule has 0 bridgehead atoms. The van der Waals surface area contributed by atoms with Crippen molar-refractivity contribution in [3.05, 3.63) is 23.8 Å². The first-order valence-electron chi connectivity index (χ1n) is 3.13. The van der Waals surface area contributed by atoms with Crippen molar-refractivity contribution in [2.24, 2.45) is 0 Å². The molecule has 13 heavy (non-hydrogen) atoms. The summed E-state index contributed by atoms with van der Waals surface area (Å²) in [6.07, 6.45) is 0. The largest absolute Gasteiger partial charge is 0.491 e. The molecule has 0 saturated carbocycles. The van der Waals surface area contributed by atoms with E-state index in [0.717, 1.165) is 12.1 Å².